The molecule has 3 rings (SSSR count). The fourth-order valence-corrected chi connectivity index (χ4v) is 2.15. The van der Waals surface area contributed by atoms with Crippen LogP contribution in [-0.2, 0) is 11.2 Å². The van der Waals surface area contributed by atoms with Crippen LogP contribution in [0.4, 0.5) is 0 Å². The summed E-state index contributed by atoms with van der Waals surface area (Å²) in [5.74, 6) is 1.79. The average Bonchev–Trinajstić information content (AvgIpc) is 2.88. The lowest BCUT2D eigenvalue weighted by atomic mass is 9.96. The van der Waals surface area contributed by atoms with E-state index >= 15 is 0 Å². The van der Waals surface area contributed by atoms with Crippen LogP contribution < -0.4 is 9.47 Å². The van der Waals surface area contributed by atoms with Crippen LogP contribution in [0.15, 0.2) is 18.2 Å². The Morgan fingerprint density at radius 2 is 2.06 bits per heavy atom. The van der Waals surface area contributed by atoms with Crippen molar-refractivity contribution in [3.8, 4) is 11.5 Å². The van der Waals surface area contributed by atoms with E-state index in [-0.39, 0.29) is 12.0 Å². The van der Waals surface area contributed by atoms with Crippen LogP contribution >= 0.6 is 0 Å². The average molecular weight is 222 g/mol. The first-order valence-corrected chi connectivity index (χ1v) is 5.47. The van der Waals surface area contributed by atoms with Crippen LogP contribution in [0.3, 0.4) is 0 Å². The molecule has 2 aliphatic rings. The zero-order valence-corrected chi connectivity index (χ0v) is 8.89. The molecular formula is C12H14O4. The van der Waals surface area contributed by atoms with Crippen LogP contribution in [0.25, 0.3) is 0 Å². The van der Waals surface area contributed by atoms with E-state index < -0.39 is 0 Å². The summed E-state index contributed by atoms with van der Waals surface area (Å²) in [7, 11) is 0. The minimum absolute atomic E-state index is 0.195. The maximum Gasteiger partial charge on any atom is 0.231 e. The van der Waals surface area contributed by atoms with E-state index in [1.165, 1.54) is 0 Å². The maximum absolute atomic E-state index is 9.66. The van der Waals surface area contributed by atoms with Crippen LogP contribution in [0.5, 0.6) is 11.5 Å². The molecule has 0 bridgehead atoms. The Morgan fingerprint density at radius 1 is 1.19 bits per heavy atom. The smallest absolute Gasteiger partial charge is 0.231 e. The minimum Gasteiger partial charge on any atom is -0.454 e. The topological polar surface area (TPSA) is 47.9 Å². The number of benzene rings is 1. The Balaban J connectivity index is 1.75. The molecule has 2 aliphatic heterocycles. The monoisotopic (exact) mass is 222 g/mol. The molecule has 2 atom stereocenters. The van der Waals surface area contributed by atoms with Gasteiger partial charge in [0.15, 0.2) is 11.5 Å². The second-order valence-electron chi connectivity index (χ2n) is 4.26. The van der Waals surface area contributed by atoms with Gasteiger partial charge in [-0.2, -0.15) is 0 Å². The molecule has 4 nitrogen and oxygen atoms in total. The molecule has 16 heavy (non-hydrogen) atoms. The van der Waals surface area contributed by atoms with Gasteiger partial charge in [0.1, 0.15) is 0 Å². The van der Waals surface area contributed by atoms with Gasteiger partial charge in [-0.1, -0.05) is 6.07 Å². The number of rotatable bonds is 2. The Bertz CT molecular complexity index is 391. The Kier molecular flexibility index (Phi) is 2.46. The van der Waals surface area contributed by atoms with Crippen molar-refractivity contribution in [2.24, 2.45) is 5.92 Å². The van der Waals surface area contributed by atoms with Gasteiger partial charge in [0.2, 0.25) is 6.79 Å². The number of ether oxygens (including phenoxy) is 3. The number of aliphatic hydroxyl groups is 1. The van der Waals surface area contributed by atoms with Gasteiger partial charge in [-0.15, -0.1) is 0 Å². The van der Waals surface area contributed by atoms with E-state index in [0.717, 1.165) is 23.5 Å². The maximum atomic E-state index is 9.66. The van der Waals surface area contributed by atoms with Gasteiger partial charge in [-0.25, -0.2) is 0 Å². The molecular weight excluding hydrogens is 208 g/mol. The molecule has 0 aliphatic carbocycles. The highest BCUT2D eigenvalue weighted by molar-refractivity contribution is 5.44. The van der Waals surface area contributed by atoms with Crippen LogP contribution in [0, 0.1) is 5.92 Å². The third kappa shape index (κ3) is 1.74. The van der Waals surface area contributed by atoms with Crippen molar-refractivity contribution in [1.29, 1.82) is 0 Å². The number of fused-ring (bicyclic) bond motifs is 1. The van der Waals surface area contributed by atoms with E-state index in [1.54, 1.807) is 0 Å². The van der Waals surface area contributed by atoms with Crippen molar-refractivity contribution in [3.05, 3.63) is 23.8 Å². The van der Waals surface area contributed by atoms with Crippen molar-refractivity contribution >= 4 is 0 Å². The summed E-state index contributed by atoms with van der Waals surface area (Å²) in [6.07, 6.45) is 0.475. The van der Waals surface area contributed by atoms with Gasteiger partial charge in [0, 0.05) is 5.92 Å². The summed E-state index contributed by atoms with van der Waals surface area (Å²) in [5, 5.41) is 9.66. The summed E-state index contributed by atoms with van der Waals surface area (Å²) in [4.78, 5) is 0. The fourth-order valence-electron chi connectivity index (χ4n) is 2.15. The van der Waals surface area contributed by atoms with E-state index in [4.69, 9.17) is 14.2 Å². The van der Waals surface area contributed by atoms with E-state index in [0.29, 0.717) is 20.0 Å². The summed E-state index contributed by atoms with van der Waals surface area (Å²) >= 11 is 0. The number of hydrogen-bond acceptors (Lipinski definition) is 4. The molecule has 2 heterocycles. The van der Waals surface area contributed by atoms with Crippen molar-refractivity contribution in [2.45, 2.75) is 12.5 Å². The zero-order valence-electron chi connectivity index (χ0n) is 8.89. The second kappa shape index (κ2) is 3.96. The summed E-state index contributed by atoms with van der Waals surface area (Å²) in [5.41, 5.74) is 1.15. The zero-order chi connectivity index (χ0) is 11.0. The molecule has 1 fully saturated rings. The molecule has 86 valence electrons. The third-order valence-electron chi connectivity index (χ3n) is 3.10. The van der Waals surface area contributed by atoms with Gasteiger partial charge < -0.3 is 19.3 Å². The molecule has 0 aromatic heterocycles. The number of aliphatic hydroxyl groups excluding tert-OH is 1. The lowest BCUT2D eigenvalue weighted by Crippen LogP contribution is -2.19. The van der Waals surface area contributed by atoms with E-state index in [2.05, 4.69) is 0 Å². The molecule has 0 spiro atoms. The molecule has 4 heteroatoms. The normalized spacial score (nSPS) is 27.3. The summed E-state index contributed by atoms with van der Waals surface area (Å²) in [6, 6.07) is 5.91. The SMILES string of the molecule is O[C@@H]1COC[C@@H]1Cc1ccc2c(c1)OCO2. The highest BCUT2D eigenvalue weighted by atomic mass is 16.7. The molecule has 1 saturated heterocycles. The first-order chi connectivity index (χ1) is 7.83. The van der Waals surface area contributed by atoms with Crippen molar-refractivity contribution in [3.63, 3.8) is 0 Å². The minimum atomic E-state index is -0.342. The number of hydrogen-bond donors (Lipinski definition) is 1. The lowest BCUT2D eigenvalue weighted by Gasteiger charge is -2.12. The van der Waals surface area contributed by atoms with Gasteiger partial charge in [0.25, 0.3) is 0 Å². The van der Waals surface area contributed by atoms with Gasteiger partial charge >= 0.3 is 0 Å². The highest BCUT2D eigenvalue weighted by Crippen LogP contribution is 2.33. The molecule has 0 saturated carbocycles. The van der Waals surface area contributed by atoms with E-state index in [1.807, 2.05) is 18.2 Å². The Labute approximate surface area is 93.7 Å². The molecule has 1 aromatic carbocycles. The molecule has 0 amide bonds. The largest absolute Gasteiger partial charge is 0.454 e. The van der Waals surface area contributed by atoms with Gasteiger partial charge in [-0.3, -0.25) is 0 Å². The first kappa shape index (κ1) is 9.93. The van der Waals surface area contributed by atoms with Crippen LogP contribution in [-0.4, -0.2) is 31.2 Å². The Hall–Kier alpha value is -1.26. The van der Waals surface area contributed by atoms with Crippen molar-refractivity contribution in [1.82, 2.24) is 0 Å². The van der Waals surface area contributed by atoms with Crippen LogP contribution in [0.2, 0.25) is 0 Å². The fraction of sp³-hybridized carbons (Fsp3) is 0.500. The van der Waals surface area contributed by atoms with Crippen LogP contribution in [0.1, 0.15) is 5.56 Å². The predicted octanol–water partition coefficient (Wildman–Crippen LogP) is 0.965. The van der Waals surface area contributed by atoms with Crippen molar-refractivity contribution < 1.29 is 19.3 Å². The van der Waals surface area contributed by atoms with Gasteiger partial charge in [-0.05, 0) is 24.1 Å². The van der Waals surface area contributed by atoms with Gasteiger partial charge in [0.05, 0.1) is 19.3 Å². The molecule has 0 radical (unpaired) electrons. The second-order valence-corrected chi connectivity index (χ2v) is 4.26. The third-order valence-corrected chi connectivity index (χ3v) is 3.10. The quantitative estimate of drug-likeness (QED) is 0.809. The molecule has 1 N–H and O–H groups in total. The highest BCUT2D eigenvalue weighted by Gasteiger charge is 2.26. The Morgan fingerprint density at radius 3 is 2.88 bits per heavy atom. The molecule has 0 unspecified atom stereocenters. The summed E-state index contributed by atoms with van der Waals surface area (Å²) < 4.78 is 15.8. The first-order valence-electron chi connectivity index (χ1n) is 5.47. The standard InChI is InChI=1S/C12H14O4/c13-10-6-14-5-9(10)3-8-1-2-11-12(4-8)16-7-15-11/h1-2,4,9-10,13H,3,5-7H2/t9-,10+/m0/s1. The molecule has 1 aromatic rings. The predicted molar refractivity (Wildman–Crippen MR) is 56.6 cm³/mol. The van der Waals surface area contributed by atoms with Crippen molar-refractivity contribution in [2.75, 3.05) is 20.0 Å². The lowest BCUT2D eigenvalue weighted by molar-refractivity contribution is 0.118. The van der Waals surface area contributed by atoms with E-state index in [9.17, 15) is 5.11 Å². The summed E-state index contributed by atoms with van der Waals surface area (Å²) in [6.45, 7) is 1.39.